The molecule has 16 heavy (non-hydrogen) atoms. The number of nitrogens with two attached hydrogens (primary N) is 1. The molecule has 0 amide bonds. The third-order valence-electron chi connectivity index (χ3n) is 2.07. The Balaban J connectivity index is 3.09. The van der Waals surface area contributed by atoms with Gasteiger partial charge in [-0.15, -0.1) is 0 Å². The highest BCUT2D eigenvalue weighted by Gasteiger charge is 2.19. The fourth-order valence-electron chi connectivity index (χ4n) is 1.51. The van der Waals surface area contributed by atoms with Gasteiger partial charge in [-0.05, 0) is 12.0 Å². The highest BCUT2D eigenvalue weighted by molar-refractivity contribution is 5.60. The number of hydrogen-bond donors (Lipinski definition) is 1. The molecule has 6 heteroatoms. The van der Waals surface area contributed by atoms with Crippen LogP contribution in [0.2, 0.25) is 0 Å². The van der Waals surface area contributed by atoms with Crippen molar-refractivity contribution in [3.8, 4) is 0 Å². The molecule has 0 aliphatic carbocycles. The van der Waals surface area contributed by atoms with Gasteiger partial charge in [0.25, 0.3) is 0 Å². The second-order valence-electron chi connectivity index (χ2n) is 4.11. The van der Waals surface area contributed by atoms with Crippen LogP contribution in [0.3, 0.4) is 0 Å². The first kappa shape index (κ1) is 12.2. The van der Waals surface area contributed by atoms with Crippen molar-refractivity contribution in [3.63, 3.8) is 0 Å². The van der Waals surface area contributed by atoms with Crippen molar-refractivity contribution < 1.29 is 4.92 Å². The smallest absolute Gasteiger partial charge is 0.311 e. The van der Waals surface area contributed by atoms with Gasteiger partial charge in [0.2, 0.25) is 5.82 Å². The zero-order chi connectivity index (χ0) is 12.3. The second kappa shape index (κ2) is 4.78. The summed E-state index contributed by atoms with van der Waals surface area (Å²) in [6, 6.07) is 2.82. The third kappa shape index (κ3) is 2.82. The zero-order valence-corrected chi connectivity index (χ0v) is 9.67. The number of nitro groups is 1. The first-order valence-electron chi connectivity index (χ1n) is 5.04. The number of nitrogen functional groups attached to an aromatic ring is 1. The number of nitrogens with zero attached hydrogens (tertiary/aromatic N) is 3. The van der Waals surface area contributed by atoms with E-state index in [4.69, 9.17) is 5.73 Å². The van der Waals surface area contributed by atoms with Gasteiger partial charge in [0.1, 0.15) is 5.82 Å². The van der Waals surface area contributed by atoms with Gasteiger partial charge in [0.15, 0.2) is 0 Å². The van der Waals surface area contributed by atoms with Gasteiger partial charge in [-0.1, -0.05) is 13.8 Å². The van der Waals surface area contributed by atoms with Crippen LogP contribution in [0.25, 0.3) is 0 Å². The van der Waals surface area contributed by atoms with Gasteiger partial charge >= 0.3 is 5.69 Å². The second-order valence-corrected chi connectivity index (χ2v) is 4.11. The fourth-order valence-corrected chi connectivity index (χ4v) is 1.51. The van der Waals surface area contributed by atoms with Gasteiger partial charge in [-0.25, -0.2) is 4.98 Å². The summed E-state index contributed by atoms with van der Waals surface area (Å²) in [5.41, 5.74) is 5.52. The molecule has 0 saturated carbocycles. The van der Waals surface area contributed by atoms with Crippen molar-refractivity contribution in [3.05, 3.63) is 22.2 Å². The van der Waals surface area contributed by atoms with Gasteiger partial charge in [0.05, 0.1) is 4.92 Å². The van der Waals surface area contributed by atoms with Crippen molar-refractivity contribution >= 4 is 17.3 Å². The van der Waals surface area contributed by atoms with Crippen molar-refractivity contribution in [2.45, 2.75) is 13.8 Å². The summed E-state index contributed by atoms with van der Waals surface area (Å²) < 4.78 is 0. The van der Waals surface area contributed by atoms with Crippen molar-refractivity contribution in [1.82, 2.24) is 4.98 Å². The van der Waals surface area contributed by atoms with E-state index in [9.17, 15) is 10.1 Å². The summed E-state index contributed by atoms with van der Waals surface area (Å²) in [5.74, 6) is 1.00. The molecular weight excluding hydrogens is 208 g/mol. The Morgan fingerprint density at radius 3 is 2.69 bits per heavy atom. The molecule has 1 aromatic heterocycles. The maximum Gasteiger partial charge on any atom is 0.311 e. The summed E-state index contributed by atoms with van der Waals surface area (Å²) >= 11 is 0. The monoisotopic (exact) mass is 224 g/mol. The lowest BCUT2D eigenvalue weighted by Crippen LogP contribution is -2.24. The topological polar surface area (TPSA) is 85.3 Å². The van der Waals surface area contributed by atoms with Gasteiger partial charge in [-0.3, -0.25) is 10.1 Å². The molecule has 6 nitrogen and oxygen atoms in total. The number of hydrogen-bond acceptors (Lipinski definition) is 5. The summed E-state index contributed by atoms with van der Waals surface area (Å²) in [5, 5.41) is 10.8. The average molecular weight is 224 g/mol. The lowest BCUT2D eigenvalue weighted by Gasteiger charge is -2.20. The zero-order valence-electron chi connectivity index (χ0n) is 9.67. The molecule has 0 spiro atoms. The predicted molar refractivity (Wildman–Crippen MR) is 63.4 cm³/mol. The van der Waals surface area contributed by atoms with E-state index in [1.54, 1.807) is 11.9 Å². The van der Waals surface area contributed by atoms with E-state index in [0.717, 1.165) is 0 Å². The van der Waals surface area contributed by atoms with Crippen LogP contribution in [-0.2, 0) is 0 Å². The summed E-state index contributed by atoms with van der Waals surface area (Å²) in [6.07, 6.45) is 0. The van der Waals surface area contributed by atoms with E-state index in [0.29, 0.717) is 18.3 Å². The molecule has 0 aliphatic heterocycles. The predicted octanol–water partition coefficient (Wildman–Crippen LogP) is 1.66. The van der Waals surface area contributed by atoms with Crippen LogP contribution < -0.4 is 10.6 Å². The summed E-state index contributed by atoms with van der Waals surface area (Å²) in [4.78, 5) is 16.1. The van der Waals surface area contributed by atoms with Gasteiger partial charge < -0.3 is 10.6 Å². The third-order valence-corrected chi connectivity index (χ3v) is 2.07. The van der Waals surface area contributed by atoms with E-state index in [-0.39, 0.29) is 11.5 Å². The number of rotatable bonds is 4. The highest BCUT2D eigenvalue weighted by Crippen LogP contribution is 2.26. The molecule has 0 unspecified atom stereocenters. The molecule has 0 fully saturated rings. The maximum absolute atomic E-state index is 10.8. The molecule has 0 saturated heterocycles. The molecule has 88 valence electrons. The van der Waals surface area contributed by atoms with E-state index < -0.39 is 4.92 Å². The minimum Gasteiger partial charge on any atom is -0.384 e. The average Bonchev–Trinajstić information content (AvgIpc) is 2.15. The van der Waals surface area contributed by atoms with Gasteiger partial charge in [-0.2, -0.15) is 0 Å². The quantitative estimate of drug-likeness (QED) is 0.621. The standard InChI is InChI=1S/C10H16N4O2/c1-7(2)6-13(3)10-8(14(15)16)4-5-9(11)12-10/h4-5,7H,6H2,1-3H3,(H2,11,12). The van der Waals surface area contributed by atoms with Crippen molar-refractivity contribution in [1.29, 1.82) is 0 Å². The molecule has 0 aromatic carbocycles. The molecule has 1 heterocycles. The van der Waals surface area contributed by atoms with Crippen LogP contribution >= 0.6 is 0 Å². The minimum atomic E-state index is -0.446. The lowest BCUT2D eigenvalue weighted by molar-refractivity contribution is -0.384. The van der Waals surface area contributed by atoms with Crippen LogP contribution in [0.4, 0.5) is 17.3 Å². The molecular formula is C10H16N4O2. The summed E-state index contributed by atoms with van der Waals surface area (Å²) in [6.45, 7) is 4.76. The molecule has 2 N–H and O–H groups in total. The number of anilines is 2. The largest absolute Gasteiger partial charge is 0.384 e. The molecule has 1 aromatic rings. The molecule has 0 aliphatic rings. The van der Waals surface area contributed by atoms with E-state index >= 15 is 0 Å². The molecule has 1 rings (SSSR count). The molecule has 0 radical (unpaired) electrons. The van der Waals surface area contributed by atoms with Crippen LogP contribution in [0.15, 0.2) is 12.1 Å². The SMILES string of the molecule is CC(C)CN(C)c1nc(N)ccc1[N+](=O)[O-]. The Bertz CT molecular complexity index is 392. The lowest BCUT2D eigenvalue weighted by atomic mass is 10.2. The Hall–Kier alpha value is -1.85. The van der Waals surface area contributed by atoms with E-state index in [2.05, 4.69) is 4.98 Å². The van der Waals surface area contributed by atoms with E-state index in [1.807, 2.05) is 13.8 Å². The fraction of sp³-hybridized carbons (Fsp3) is 0.500. The molecule has 0 atom stereocenters. The first-order valence-corrected chi connectivity index (χ1v) is 5.04. The Labute approximate surface area is 94.2 Å². The van der Waals surface area contributed by atoms with E-state index in [1.165, 1.54) is 12.1 Å². The van der Waals surface area contributed by atoms with Crippen molar-refractivity contribution in [2.24, 2.45) is 5.92 Å². The highest BCUT2D eigenvalue weighted by atomic mass is 16.6. The van der Waals surface area contributed by atoms with Gasteiger partial charge in [0, 0.05) is 19.7 Å². The summed E-state index contributed by atoms with van der Waals surface area (Å²) in [7, 11) is 1.77. The van der Waals surface area contributed by atoms with Crippen LogP contribution in [0, 0.1) is 16.0 Å². The van der Waals surface area contributed by atoms with Crippen LogP contribution in [-0.4, -0.2) is 23.5 Å². The first-order chi connectivity index (χ1) is 7.41. The normalized spacial score (nSPS) is 10.5. The molecule has 0 bridgehead atoms. The number of pyridine rings is 1. The Morgan fingerprint density at radius 2 is 2.19 bits per heavy atom. The van der Waals surface area contributed by atoms with Crippen LogP contribution in [0.5, 0.6) is 0 Å². The minimum absolute atomic E-state index is 0.0163. The van der Waals surface area contributed by atoms with Crippen molar-refractivity contribution in [2.75, 3.05) is 24.2 Å². The Morgan fingerprint density at radius 1 is 1.56 bits per heavy atom. The number of aromatic nitrogens is 1. The van der Waals surface area contributed by atoms with Crippen LogP contribution in [0.1, 0.15) is 13.8 Å². The Kier molecular flexibility index (Phi) is 3.65. The maximum atomic E-state index is 10.8.